The quantitative estimate of drug-likeness (QED) is 0.340. The molecule has 6 heterocycles. The summed E-state index contributed by atoms with van der Waals surface area (Å²) < 4.78 is 7.58. The Morgan fingerprint density at radius 3 is 2.62 bits per heavy atom. The molecule has 9 heteroatoms. The van der Waals surface area contributed by atoms with Gasteiger partial charge in [0.1, 0.15) is 17.7 Å². The summed E-state index contributed by atoms with van der Waals surface area (Å²) in [4.78, 5) is 25.3. The predicted octanol–water partition coefficient (Wildman–Crippen LogP) is 4.71. The van der Waals surface area contributed by atoms with E-state index < -0.39 is 0 Å². The highest BCUT2D eigenvalue weighted by atomic mass is 16.5. The van der Waals surface area contributed by atoms with Gasteiger partial charge in [0.15, 0.2) is 0 Å². The number of hydrogen-bond acceptors (Lipinski definition) is 8. The van der Waals surface area contributed by atoms with Gasteiger partial charge in [-0.1, -0.05) is 0 Å². The Morgan fingerprint density at radius 1 is 0.897 bits per heavy atom. The molecule has 1 fully saturated rings. The lowest BCUT2D eigenvalue weighted by molar-refractivity contribution is 0.0368. The number of anilines is 1. The van der Waals surface area contributed by atoms with Crippen molar-refractivity contribution in [2.45, 2.75) is 13.0 Å². The summed E-state index contributed by atoms with van der Waals surface area (Å²) in [5, 5.41) is 5.63. The second-order valence-electron chi connectivity index (χ2n) is 9.96. The van der Waals surface area contributed by atoms with E-state index in [0.29, 0.717) is 0 Å². The van der Waals surface area contributed by atoms with Crippen LogP contribution in [0.4, 0.5) is 5.82 Å². The summed E-state index contributed by atoms with van der Waals surface area (Å²) in [5.41, 5.74) is 6.51. The van der Waals surface area contributed by atoms with Gasteiger partial charge in [-0.2, -0.15) is 0 Å². The van der Waals surface area contributed by atoms with Crippen molar-refractivity contribution >= 4 is 38.7 Å². The minimum atomic E-state index is 0.290. The van der Waals surface area contributed by atoms with Crippen LogP contribution in [0.25, 0.3) is 49.8 Å². The van der Waals surface area contributed by atoms with Crippen LogP contribution in [-0.4, -0.2) is 73.3 Å². The third-order valence-electron chi connectivity index (χ3n) is 7.22. The van der Waals surface area contributed by atoms with Crippen LogP contribution in [-0.2, 0) is 4.74 Å². The topological polar surface area (TPSA) is 93.9 Å². The first-order valence-corrected chi connectivity index (χ1v) is 13.2. The Kier molecular flexibility index (Phi) is 6.07. The molecule has 7 rings (SSSR count). The molecule has 194 valence electrons. The largest absolute Gasteiger partial charge is 0.379 e. The Hall–Kier alpha value is -4.47. The number of imidazole rings is 1. The average molecular weight is 517 g/mol. The van der Waals surface area contributed by atoms with Gasteiger partial charge in [-0.3, -0.25) is 24.4 Å². The highest BCUT2D eigenvalue weighted by molar-refractivity contribution is 6.04. The van der Waals surface area contributed by atoms with E-state index in [9.17, 15) is 0 Å². The third kappa shape index (κ3) is 4.67. The van der Waals surface area contributed by atoms with Gasteiger partial charge in [-0.15, -0.1) is 0 Å². The first kappa shape index (κ1) is 23.6. The Bertz CT molecular complexity index is 1780. The van der Waals surface area contributed by atoms with E-state index in [1.165, 1.54) is 0 Å². The molecule has 1 aliphatic rings. The second kappa shape index (κ2) is 10.0. The number of nitrogens with zero attached hydrogens (tertiary/aromatic N) is 7. The molecule has 0 spiro atoms. The van der Waals surface area contributed by atoms with E-state index in [1.54, 1.807) is 18.6 Å². The van der Waals surface area contributed by atoms with E-state index in [0.717, 1.165) is 88.4 Å². The van der Waals surface area contributed by atoms with Gasteiger partial charge in [-0.25, -0.2) is 9.97 Å². The minimum Gasteiger partial charge on any atom is -0.379 e. The molecule has 39 heavy (non-hydrogen) atoms. The first-order valence-electron chi connectivity index (χ1n) is 13.2. The van der Waals surface area contributed by atoms with Crippen molar-refractivity contribution in [2.24, 2.45) is 0 Å². The van der Waals surface area contributed by atoms with E-state index in [-0.39, 0.29) is 6.04 Å². The molecule has 0 unspecified atom stereocenters. The van der Waals surface area contributed by atoms with Crippen molar-refractivity contribution in [3.8, 4) is 16.9 Å². The molecule has 1 atom stereocenters. The number of ether oxygens (including phenoxy) is 1. The molecule has 0 aliphatic carbocycles. The van der Waals surface area contributed by atoms with Gasteiger partial charge in [0.25, 0.3) is 0 Å². The fourth-order valence-electron chi connectivity index (χ4n) is 5.28. The van der Waals surface area contributed by atoms with Crippen LogP contribution in [0.15, 0.2) is 79.6 Å². The lowest BCUT2D eigenvalue weighted by Gasteiger charge is -2.29. The predicted molar refractivity (Wildman–Crippen MR) is 153 cm³/mol. The zero-order chi connectivity index (χ0) is 26.2. The van der Waals surface area contributed by atoms with Crippen molar-refractivity contribution < 1.29 is 4.74 Å². The average Bonchev–Trinajstić information content (AvgIpc) is 3.42. The normalized spacial score (nSPS) is 15.2. The summed E-state index contributed by atoms with van der Waals surface area (Å²) in [6, 6.07) is 16.8. The number of aromatic nitrogens is 6. The fraction of sp³-hybridized carbons (Fsp3) is 0.233. The highest BCUT2D eigenvalue weighted by Crippen LogP contribution is 2.29. The van der Waals surface area contributed by atoms with Gasteiger partial charge >= 0.3 is 0 Å². The minimum absolute atomic E-state index is 0.290. The van der Waals surface area contributed by atoms with Crippen LogP contribution in [0.1, 0.15) is 6.92 Å². The zero-order valence-electron chi connectivity index (χ0n) is 21.7. The molecule has 5 aromatic heterocycles. The molecule has 1 aromatic carbocycles. The monoisotopic (exact) mass is 516 g/mol. The maximum atomic E-state index is 5.46. The van der Waals surface area contributed by atoms with Crippen molar-refractivity contribution in [2.75, 3.05) is 38.2 Å². The van der Waals surface area contributed by atoms with E-state index in [4.69, 9.17) is 9.72 Å². The summed E-state index contributed by atoms with van der Waals surface area (Å²) in [6.07, 6.45) is 9.04. The molecule has 0 bridgehead atoms. The summed E-state index contributed by atoms with van der Waals surface area (Å²) in [7, 11) is 0. The van der Waals surface area contributed by atoms with Gasteiger partial charge in [-0.05, 0) is 55.5 Å². The van der Waals surface area contributed by atoms with Crippen LogP contribution in [0.5, 0.6) is 0 Å². The standard InChI is InChI=1S/C30H28N8O/c1-20(18-37-10-12-39-13-11-37)35-29-5-2-22-14-23(3-4-25(22)36-29)38-19-34-28-17-33-27-16-32-26(15-24(27)30(28)38)21-6-8-31-9-7-21/h2-9,14-17,19-20H,10-13,18H2,1H3,(H,35,36)/t20-/m0/s1. The van der Waals surface area contributed by atoms with Gasteiger partial charge in [0, 0.05) is 60.1 Å². The molecular formula is C30H28N8O. The maximum absolute atomic E-state index is 5.46. The molecule has 0 amide bonds. The molecule has 0 radical (unpaired) electrons. The highest BCUT2D eigenvalue weighted by Gasteiger charge is 2.15. The second-order valence-corrected chi connectivity index (χ2v) is 9.96. The fourth-order valence-corrected chi connectivity index (χ4v) is 5.28. The van der Waals surface area contributed by atoms with E-state index in [2.05, 4.69) is 78.0 Å². The van der Waals surface area contributed by atoms with Crippen molar-refractivity contribution in [3.05, 3.63) is 79.6 Å². The van der Waals surface area contributed by atoms with Crippen molar-refractivity contribution in [3.63, 3.8) is 0 Å². The number of rotatable bonds is 6. The zero-order valence-corrected chi connectivity index (χ0v) is 21.7. The number of benzene rings is 1. The van der Waals surface area contributed by atoms with Crippen molar-refractivity contribution in [1.82, 2.24) is 34.4 Å². The third-order valence-corrected chi connectivity index (χ3v) is 7.22. The number of fused-ring (bicyclic) bond motifs is 4. The number of nitrogens with one attached hydrogen (secondary N) is 1. The Morgan fingerprint density at radius 2 is 1.74 bits per heavy atom. The van der Waals surface area contributed by atoms with Gasteiger partial charge in [0.05, 0.1) is 47.9 Å². The SMILES string of the molecule is C[C@@H](CN1CCOCC1)Nc1ccc2cc(-n3cnc4cnc5cnc(-c6ccncc6)cc5c43)ccc2n1. The molecule has 6 aromatic rings. The van der Waals surface area contributed by atoms with Crippen LogP contribution < -0.4 is 5.32 Å². The van der Waals surface area contributed by atoms with E-state index >= 15 is 0 Å². The molecule has 1 aliphatic heterocycles. The number of pyridine rings is 4. The molecule has 0 saturated carbocycles. The molecular weight excluding hydrogens is 488 g/mol. The van der Waals surface area contributed by atoms with Crippen molar-refractivity contribution in [1.29, 1.82) is 0 Å². The summed E-state index contributed by atoms with van der Waals surface area (Å²) in [6.45, 7) is 6.75. The Balaban J connectivity index is 1.21. The van der Waals surface area contributed by atoms with Crippen LogP contribution in [0.2, 0.25) is 0 Å². The van der Waals surface area contributed by atoms with Crippen LogP contribution >= 0.6 is 0 Å². The first-order chi connectivity index (χ1) is 19.2. The van der Waals surface area contributed by atoms with Gasteiger partial charge < -0.3 is 10.1 Å². The van der Waals surface area contributed by atoms with Crippen LogP contribution in [0.3, 0.4) is 0 Å². The Labute approximate surface area is 225 Å². The molecule has 1 saturated heterocycles. The van der Waals surface area contributed by atoms with E-state index in [1.807, 2.05) is 24.7 Å². The number of hydrogen-bond donors (Lipinski definition) is 1. The molecule has 9 nitrogen and oxygen atoms in total. The lowest BCUT2D eigenvalue weighted by Crippen LogP contribution is -2.42. The van der Waals surface area contributed by atoms with Gasteiger partial charge in [0.2, 0.25) is 0 Å². The maximum Gasteiger partial charge on any atom is 0.126 e. The summed E-state index contributed by atoms with van der Waals surface area (Å²) in [5.74, 6) is 0.886. The molecule has 1 N–H and O–H groups in total. The smallest absolute Gasteiger partial charge is 0.126 e. The lowest BCUT2D eigenvalue weighted by atomic mass is 10.1. The van der Waals surface area contributed by atoms with Crippen LogP contribution in [0, 0.1) is 0 Å². The summed E-state index contributed by atoms with van der Waals surface area (Å²) >= 11 is 0. The number of morpholine rings is 1.